The Kier molecular flexibility index (Phi) is 5.04. The van der Waals surface area contributed by atoms with Crippen molar-refractivity contribution in [2.75, 3.05) is 7.11 Å². The van der Waals surface area contributed by atoms with Crippen LogP contribution < -0.4 is 4.74 Å². The molecule has 0 aliphatic rings. The summed E-state index contributed by atoms with van der Waals surface area (Å²) in [5, 5.41) is 9.40. The average molecular weight is 311 g/mol. The van der Waals surface area contributed by atoms with Gasteiger partial charge < -0.3 is 9.84 Å². The second kappa shape index (κ2) is 6.77. The SMILES string of the molecule is COc1ccccc1CC(Cc1ccc(Cl)s1)C(=O)O. The largest absolute Gasteiger partial charge is 0.496 e. The minimum Gasteiger partial charge on any atom is -0.496 e. The van der Waals surface area contributed by atoms with Crippen LogP contribution in [0.4, 0.5) is 0 Å². The number of hydrogen-bond donors (Lipinski definition) is 1. The Hall–Kier alpha value is -1.52. The number of thiophene rings is 1. The van der Waals surface area contributed by atoms with E-state index in [0.29, 0.717) is 17.2 Å². The molecular formula is C15H15ClO3S. The lowest BCUT2D eigenvalue weighted by molar-refractivity contribution is -0.141. The minimum atomic E-state index is -0.805. The Morgan fingerprint density at radius 3 is 2.65 bits per heavy atom. The molecular weight excluding hydrogens is 296 g/mol. The standard InChI is InChI=1S/C15H15ClO3S/c1-19-13-5-3-2-4-10(13)8-11(15(17)18)9-12-6-7-14(16)20-12/h2-7,11H,8-9H2,1H3,(H,17,18). The summed E-state index contributed by atoms with van der Waals surface area (Å²) in [5.41, 5.74) is 0.907. The molecule has 20 heavy (non-hydrogen) atoms. The lowest BCUT2D eigenvalue weighted by atomic mass is 9.95. The topological polar surface area (TPSA) is 46.5 Å². The van der Waals surface area contributed by atoms with Gasteiger partial charge in [0.25, 0.3) is 0 Å². The zero-order chi connectivity index (χ0) is 14.5. The van der Waals surface area contributed by atoms with Crippen LogP contribution in [0.15, 0.2) is 36.4 Å². The predicted octanol–water partition coefficient (Wildman–Crippen LogP) is 3.90. The van der Waals surface area contributed by atoms with E-state index in [4.69, 9.17) is 16.3 Å². The van der Waals surface area contributed by atoms with Gasteiger partial charge in [-0.25, -0.2) is 0 Å². The molecule has 0 amide bonds. The van der Waals surface area contributed by atoms with Gasteiger partial charge in [-0.1, -0.05) is 29.8 Å². The van der Waals surface area contributed by atoms with Crippen LogP contribution >= 0.6 is 22.9 Å². The first-order chi connectivity index (χ1) is 9.60. The molecule has 1 aromatic carbocycles. The van der Waals surface area contributed by atoms with E-state index < -0.39 is 11.9 Å². The number of methoxy groups -OCH3 is 1. The van der Waals surface area contributed by atoms with Gasteiger partial charge in [0.2, 0.25) is 0 Å². The first-order valence-corrected chi connectivity index (χ1v) is 7.38. The monoisotopic (exact) mass is 310 g/mol. The molecule has 0 fully saturated rings. The van der Waals surface area contributed by atoms with Gasteiger partial charge in [0.1, 0.15) is 5.75 Å². The van der Waals surface area contributed by atoms with Gasteiger partial charge in [-0.3, -0.25) is 4.79 Å². The highest BCUT2D eigenvalue weighted by Crippen LogP contribution is 2.27. The zero-order valence-electron chi connectivity index (χ0n) is 11.0. The zero-order valence-corrected chi connectivity index (χ0v) is 12.6. The van der Waals surface area contributed by atoms with Gasteiger partial charge in [-0.15, -0.1) is 11.3 Å². The fourth-order valence-corrected chi connectivity index (χ4v) is 3.26. The van der Waals surface area contributed by atoms with Crippen LogP contribution in [0.5, 0.6) is 5.75 Å². The van der Waals surface area contributed by atoms with E-state index in [9.17, 15) is 9.90 Å². The van der Waals surface area contributed by atoms with Crippen molar-refractivity contribution in [2.24, 2.45) is 5.92 Å². The highest BCUT2D eigenvalue weighted by molar-refractivity contribution is 7.16. The molecule has 2 aromatic rings. The quantitative estimate of drug-likeness (QED) is 0.880. The van der Waals surface area contributed by atoms with Crippen molar-refractivity contribution in [3.8, 4) is 5.75 Å². The van der Waals surface area contributed by atoms with Crippen LogP contribution in [0.25, 0.3) is 0 Å². The molecule has 106 valence electrons. The first kappa shape index (κ1) is 14.9. The van der Waals surface area contributed by atoms with E-state index in [1.54, 1.807) is 13.2 Å². The van der Waals surface area contributed by atoms with Crippen molar-refractivity contribution in [2.45, 2.75) is 12.8 Å². The maximum atomic E-state index is 11.4. The maximum absolute atomic E-state index is 11.4. The van der Waals surface area contributed by atoms with Crippen molar-refractivity contribution in [1.29, 1.82) is 0 Å². The number of carbonyl (C=O) groups is 1. The Morgan fingerprint density at radius 2 is 2.05 bits per heavy atom. The van der Waals surface area contributed by atoms with Crippen molar-refractivity contribution < 1.29 is 14.6 Å². The van der Waals surface area contributed by atoms with Crippen molar-refractivity contribution in [1.82, 2.24) is 0 Å². The van der Waals surface area contributed by atoms with Crippen LogP contribution in [-0.4, -0.2) is 18.2 Å². The third-order valence-electron chi connectivity index (χ3n) is 3.08. The number of ether oxygens (including phenoxy) is 1. The number of aliphatic carboxylic acids is 1. The molecule has 3 nitrogen and oxygen atoms in total. The normalized spacial score (nSPS) is 12.1. The van der Waals surface area contributed by atoms with E-state index in [2.05, 4.69) is 0 Å². The molecule has 0 aliphatic heterocycles. The highest BCUT2D eigenvalue weighted by Gasteiger charge is 2.21. The van der Waals surface area contributed by atoms with Gasteiger partial charge in [0.05, 0.1) is 17.4 Å². The van der Waals surface area contributed by atoms with Gasteiger partial charge in [-0.05, 0) is 36.6 Å². The summed E-state index contributed by atoms with van der Waals surface area (Å²) in [6.45, 7) is 0. The maximum Gasteiger partial charge on any atom is 0.307 e. The smallest absolute Gasteiger partial charge is 0.307 e. The third-order valence-corrected chi connectivity index (χ3v) is 4.34. The number of halogens is 1. The second-order valence-electron chi connectivity index (χ2n) is 4.46. The molecule has 1 unspecified atom stereocenters. The summed E-state index contributed by atoms with van der Waals surface area (Å²) in [4.78, 5) is 12.4. The van der Waals surface area contributed by atoms with Crippen LogP contribution in [0.1, 0.15) is 10.4 Å². The molecule has 0 aliphatic carbocycles. The number of carboxylic acids is 1. The molecule has 0 radical (unpaired) electrons. The number of rotatable bonds is 6. The summed E-state index contributed by atoms with van der Waals surface area (Å²) >= 11 is 7.31. The van der Waals surface area contributed by atoms with E-state index in [1.165, 1.54) is 11.3 Å². The fourth-order valence-electron chi connectivity index (χ4n) is 2.09. The Bertz CT molecular complexity index is 594. The van der Waals surface area contributed by atoms with Crippen LogP contribution in [0, 0.1) is 5.92 Å². The van der Waals surface area contributed by atoms with E-state index >= 15 is 0 Å². The van der Waals surface area contributed by atoms with Gasteiger partial charge in [0, 0.05) is 4.88 Å². The van der Waals surface area contributed by atoms with E-state index in [1.807, 2.05) is 30.3 Å². The lowest BCUT2D eigenvalue weighted by Crippen LogP contribution is -2.19. The van der Waals surface area contributed by atoms with Crippen LogP contribution in [-0.2, 0) is 17.6 Å². The molecule has 0 spiro atoms. The predicted molar refractivity (Wildman–Crippen MR) is 80.9 cm³/mol. The van der Waals surface area contributed by atoms with Crippen LogP contribution in [0.2, 0.25) is 4.34 Å². The molecule has 0 saturated carbocycles. The molecule has 1 aromatic heterocycles. The van der Waals surface area contributed by atoms with Crippen LogP contribution in [0.3, 0.4) is 0 Å². The Morgan fingerprint density at radius 1 is 1.30 bits per heavy atom. The molecule has 1 N–H and O–H groups in total. The van der Waals surface area contributed by atoms with E-state index in [0.717, 1.165) is 16.2 Å². The first-order valence-electron chi connectivity index (χ1n) is 6.19. The van der Waals surface area contributed by atoms with Gasteiger partial charge in [0.15, 0.2) is 0 Å². The number of hydrogen-bond acceptors (Lipinski definition) is 3. The third kappa shape index (κ3) is 3.74. The molecule has 1 heterocycles. The van der Waals surface area contributed by atoms with E-state index in [-0.39, 0.29) is 0 Å². The lowest BCUT2D eigenvalue weighted by Gasteiger charge is -2.14. The number of carboxylic acid groups (broad SMARTS) is 1. The summed E-state index contributed by atoms with van der Waals surface area (Å²) in [5.74, 6) is -0.565. The highest BCUT2D eigenvalue weighted by atomic mass is 35.5. The molecule has 1 atom stereocenters. The van der Waals surface area contributed by atoms with Crippen molar-refractivity contribution in [3.63, 3.8) is 0 Å². The van der Waals surface area contributed by atoms with Gasteiger partial charge >= 0.3 is 5.97 Å². The molecule has 0 bridgehead atoms. The van der Waals surface area contributed by atoms with Crippen molar-refractivity contribution in [3.05, 3.63) is 51.2 Å². The molecule has 0 saturated heterocycles. The average Bonchev–Trinajstić information content (AvgIpc) is 2.84. The molecule has 2 rings (SSSR count). The second-order valence-corrected chi connectivity index (χ2v) is 6.26. The summed E-state index contributed by atoms with van der Waals surface area (Å²) in [6, 6.07) is 11.2. The molecule has 5 heteroatoms. The minimum absolute atomic E-state index is 0.439. The Labute approximate surface area is 126 Å². The summed E-state index contributed by atoms with van der Waals surface area (Å²) in [6.07, 6.45) is 0.916. The summed E-state index contributed by atoms with van der Waals surface area (Å²) in [7, 11) is 1.59. The Balaban J connectivity index is 2.15. The number of benzene rings is 1. The summed E-state index contributed by atoms with van der Waals surface area (Å²) < 4.78 is 5.95. The fraction of sp³-hybridized carbons (Fsp3) is 0.267. The van der Waals surface area contributed by atoms with Crippen molar-refractivity contribution >= 4 is 28.9 Å². The number of para-hydroxylation sites is 1. The van der Waals surface area contributed by atoms with Gasteiger partial charge in [-0.2, -0.15) is 0 Å².